The van der Waals surface area contributed by atoms with Crippen molar-refractivity contribution >= 4 is 5.95 Å². The number of aromatic nitrogens is 2. The van der Waals surface area contributed by atoms with E-state index in [1.807, 2.05) is 26.8 Å². The van der Waals surface area contributed by atoms with E-state index in [1.165, 1.54) is 0 Å². The van der Waals surface area contributed by atoms with Crippen LogP contribution in [0.3, 0.4) is 0 Å². The van der Waals surface area contributed by atoms with Crippen molar-refractivity contribution in [1.82, 2.24) is 9.97 Å². The van der Waals surface area contributed by atoms with E-state index in [-0.39, 0.29) is 6.04 Å². The maximum absolute atomic E-state index is 10.1. The van der Waals surface area contributed by atoms with Crippen molar-refractivity contribution in [3.8, 4) is 0 Å². The fourth-order valence-electron chi connectivity index (χ4n) is 2.31. The molecule has 0 radical (unpaired) electrons. The topological polar surface area (TPSA) is 49.2 Å². The number of anilines is 1. The first kappa shape index (κ1) is 11.3. The van der Waals surface area contributed by atoms with E-state index in [0.717, 1.165) is 31.0 Å². The lowest BCUT2D eigenvalue weighted by Gasteiger charge is -2.33. The van der Waals surface area contributed by atoms with Gasteiger partial charge in [-0.25, -0.2) is 9.97 Å². The van der Waals surface area contributed by atoms with Gasteiger partial charge < -0.3 is 10.0 Å². The first-order valence-corrected chi connectivity index (χ1v) is 5.77. The molecule has 0 unspecified atom stereocenters. The van der Waals surface area contributed by atoms with Crippen molar-refractivity contribution in [3.05, 3.63) is 18.0 Å². The molecule has 1 saturated heterocycles. The van der Waals surface area contributed by atoms with Gasteiger partial charge in [0.15, 0.2) is 0 Å². The van der Waals surface area contributed by atoms with E-state index in [1.54, 1.807) is 6.20 Å². The Bertz CT molecular complexity index is 373. The molecule has 1 aliphatic rings. The van der Waals surface area contributed by atoms with Crippen LogP contribution in [0.25, 0.3) is 0 Å². The lowest BCUT2D eigenvalue weighted by atomic mass is 9.97. The molecular formula is C12H19N3O. The smallest absolute Gasteiger partial charge is 0.225 e. The van der Waals surface area contributed by atoms with Gasteiger partial charge in [-0.2, -0.15) is 0 Å². The van der Waals surface area contributed by atoms with Gasteiger partial charge in [0, 0.05) is 18.4 Å². The van der Waals surface area contributed by atoms with Gasteiger partial charge in [0.2, 0.25) is 5.95 Å². The second kappa shape index (κ2) is 4.01. The third-order valence-electron chi connectivity index (χ3n) is 3.11. The molecular weight excluding hydrogens is 202 g/mol. The van der Waals surface area contributed by atoms with Crippen molar-refractivity contribution in [2.45, 2.75) is 45.3 Å². The summed E-state index contributed by atoms with van der Waals surface area (Å²) in [5.41, 5.74) is 0.259. The average Bonchev–Trinajstić information content (AvgIpc) is 2.65. The number of rotatable bonds is 2. The normalized spacial score (nSPS) is 21.5. The van der Waals surface area contributed by atoms with Crippen molar-refractivity contribution in [2.24, 2.45) is 0 Å². The Morgan fingerprint density at radius 1 is 1.50 bits per heavy atom. The molecule has 0 saturated carbocycles. The number of hydrogen-bond donors (Lipinski definition) is 1. The molecule has 0 aromatic carbocycles. The minimum Gasteiger partial charge on any atom is -0.388 e. The van der Waals surface area contributed by atoms with E-state index < -0.39 is 5.60 Å². The van der Waals surface area contributed by atoms with Crippen LogP contribution in [0.2, 0.25) is 0 Å². The summed E-state index contributed by atoms with van der Waals surface area (Å²) < 4.78 is 0. The van der Waals surface area contributed by atoms with Gasteiger partial charge >= 0.3 is 0 Å². The zero-order valence-electron chi connectivity index (χ0n) is 10.1. The third kappa shape index (κ3) is 2.16. The van der Waals surface area contributed by atoms with Crippen LogP contribution in [0.5, 0.6) is 0 Å². The molecule has 2 heterocycles. The monoisotopic (exact) mass is 221 g/mol. The molecule has 0 bridgehead atoms. The summed E-state index contributed by atoms with van der Waals surface area (Å²) in [6.45, 7) is 6.59. The van der Waals surface area contributed by atoms with Gasteiger partial charge in [0.25, 0.3) is 0 Å². The van der Waals surface area contributed by atoms with Crippen LogP contribution in [0.15, 0.2) is 12.3 Å². The molecule has 4 nitrogen and oxygen atoms in total. The number of hydrogen-bond acceptors (Lipinski definition) is 4. The van der Waals surface area contributed by atoms with Gasteiger partial charge in [-0.15, -0.1) is 0 Å². The molecule has 0 spiro atoms. The van der Waals surface area contributed by atoms with Gasteiger partial charge in [-0.3, -0.25) is 0 Å². The molecule has 1 atom stereocenters. The Morgan fingerprint density at radius 2 is 2.25 bits per heavy atom. The fraction of sp³-hybridized carbons (Fsp3) is 0.667. The number of aryl methyl sites for hydroxylation is 1. The van der Waals surface area contributed by atoms with Crippen molar-refractivity contribution in [2.75, 3.05) is 11.4 Å². The Balaban J connectivity index is 2.27. The maximum Gasteiger partial charge on any atom is 0.225 e. The molecule has 4 heteroatoms. The van der Waals surface area contributed by atoms with E-state index in [0.29, 0.717) is 0 Å². The van der Waals surface area contributed by atoms with Crippen LogP contribution in [0.4, 0.5) is 5.95 Å². The average molecular weight is 221 g/mol. The Labute approximate surface area is 96.3 Å². The van der Waals surface area contributed by atoms with Crippen LogP contribution in [-0.4, -0.2) is 33.3 Å². The molecule has 1 fully saturated rings. The van der Waals surface area contributed by atoms with Crippen LogP contribution >= 0.6 is 0 Å². The summed E-state index contributed by atoms with van der Waals surface area (Å²) >= 11 is 0. The number of nitrogens with zero attached hydrogens (tertiary/aromatic N) is 3. The SMILES string of the molecule is Cc1ccnc(N2CCC[C@@H]2C(C)(C)O)n1. The molecule has 2 rings (SSSR count). The van der Waals surface area contributed by atoms with E-state index in [4.69, 9.17) is 0 Å². The third-order valence-corrected chi connectivity index (χ3v) is 3.11. The molecule has 88 valence electrons. The highest BCUT2D eigenvalue weighted by Crippen LogP contribution is 2.29. The second-order valence-electron chi connectivity index (χ2n) is 5.00. The molecule has 0 aliphatic carbocycles. The Kier molecular flexibility index (Phi) is 2.84. The van der Waals surface area contributed by atoms with Crippen molar-refractivity contribution in [1.29, 1.82) is 0 Å². The molecule has 1 aromatic heterocycles. The lowest BCUT2D eigenvalue weighted by molar-refractivity contribution is 0.0530. The Morgan fingerprint density at radius 3 is 2.88 bits per heavy atom. The Hall–Kier alpha value is -1.16. The highest BCUT2D eigenvalue weighted by molar-refractivity contribution is 5.35. The first-order chi connectivity index (χ1) is 7.48. The summed E-state index contributed by atoms with van der Waals surface area (Å²) in [5, 5.41) is 10.1. The summed E-state index contributed by atoms with van der Waals surface area (Å²) in [5.74, 6) is 0.740. The summed E-state index contributed by atoms with van der Waals surface area (Å²) in [6, 6.07) is 2.01. The van der Waals surface area contributed by atoms with Gasteiger partial charge in [-0.1, -0.05) is 0 Å². The van der Waals surface area contributed by atoms with Crippen LogP contribution in [0.1, 0.15) is 32.4 Å². The van der Waals surface area contributed by atoms with E-state index in [9.17, 15) is 5.11 Å². The highest BCUT2D eigenvalue weighted by atomic mass is 16.3. The van der Waals surface area contributed by atoms with Gasteiger partial charge in [0.1, 0.15) is 0 Å². The standard InChI is InChI=1S/C12H19N3O/c1-9-6-7-13-11(14-9)15-8-4-5-10(15)12(2,3)16/h6-7,10,16H,4-5,8H2,1-3H3/t10-/m1/s1. The lowest BCUT2D eigenvalue weighted by Crippen LogP contribution is -2.46. The largest absolute Gasteiger partial charge is 0.388 e. The summed E-state index contributed by atoms with van der Waals surface area (Å²) in [6.07, 6.45) is 3.87. The fourth-order valence-corrected chi connectivity index (χ4v) is 2.31. The molecule has 1 N–H and O–H groups in total. The zero-order chi connectivity index (χ0) is 11.8. The highest BCUT2D eigenvalue weighted by Gasteiger charge is 2.37. The molecule has 1 aromatic rings. The summed E-state index contributed by atoms with van der Waals surface area (Å²) in [7, 11) is 0. The van der Waals surface area contributed by atoms with E-state index in [2.05, 4.69) is 14.9 Å². The van der Waals surface area contributed by atoms with Crippen molar-refractivity contribution < 1.29 is 5.11 Å². The minimum atomic E-state index is -0.705. The predicted molar refractivity (Wildman–Crippen MR) is 63.4 cm³/mol. The zero-order valence-corrected chi connectivity index (χ0v) is 10.1. The predicted octanol–water partition coefficient (Wildman–Crippen LogP) is 1.52. The maximum atomic E-state index is 10.1. The van der Waals surface area contributed by atoms with Gasteiger partial charge in [-0.05, 0) is 39.7 Å². The summed E-state index contributed by atoms with van der Waals surface area (Å²) in [4.78, 5) is 10.8. The van der Waals surface area contributed by atoms with Crippen LogP contribution in [0, 0.1) is 6.92 Å². The number of aliphatic hydroxyl groups is 1. The molecule has 0 amide bonds. The van der Waals surface area contributed by atoms with Crippen molar-refractivity contribution in [3.63, 3.8) is 0 Å². The second-order valence-corrected chi connectivity index (χ2v) is 5.00. The molecule has 1 aliphatic heterocycles. The van der Waals surface area contributed by atoms with Gasteiger partial charge in [0.05, 0.1) is 11.6 Å². The molecule has 16 heavy (non-hydrogen) atoms. The first-order valence-electron chi connectivity index (χ1n) is 5.77. The van der Waals surface area contributed by atoms with E-state index >= 15 is 0 Å². The van der Waals surface area contributed by atoms with Crippen LogP contribution < -0.4 is 4.90 Å². The van der Waals surface area contributed by atoms with Crippen LogP contribution in [-0.2, 0) is 0 Å². The quantitative estimate of drug-likeness (QED) is 0.822. The minimum absolute atomic E-state index is 0.120.